The largest absolute Gasteiger partial charge is 0.417 e. The Bertz CT molecular complexity index is 1140. The lowest BCUT2D eigenvalue weighted by Crippen LogP contribution is -2.49. The molecule has 0 bridgehead atoms. The summed E-state index contributed by atoms with van der Waals surface area (Å²) in [6, 6.07) is 9.83. The number of alkyl halides is 3. The maximum absolute atomic E-state index is 13.3. The van der Waals surface area contributed by atoms with E-state index < -0.39 is 11.7 Å². The van der Waals surface area contributed by atoms with E-state index in [2.05, 4.69) is 15.0 Å². The zero-order chi connectivity index (χ0) is 23.8. The van der Waals surface area contributed by atoms with Gasteiger partial charge in [0, 0.05) is 43.1 Å². The van der Waals surface area contributed by atoms with Crippen molar-refractivity contribution in [2.24, 2.45) is 0 Å². The van der Waals surface area contributed by atoms with Gasteiger partial charge in [0.05, 0.1) is 23.0 Å². The fourth-order valence-corrected chi connectivity index (χ4v) is 4.14. The zero-order valence-electron chi connectivity index (χ0n) is 18.2. The number of rotatable bonds is 4. The van der Waals surface area contributed by atoms with E-state index >= 15 is 0 Å². The maximum atomic E-state index is 13.3. The molecule has 0 radical (unpaired) electrons. The molecule has 33 heavy (non-hydrogen) atoms. The normalized spacial score (nSPS) is 14.8. The van der Waals surface area contributed by atoms with Crippen molar-refractivity contribution in [1.29, 1.82) is 0 Å². The summed E-state index contributed by atoms with van der Waals surface area (Å²) in [7, 11) is 0. The van der Waals surface area contributed by atoms with Gasteiger partial charge in [-0.1, -0.05) is 31.5 Å². The van der Waals surface area contributed by atoms with E-state index in [-0.39, 0.29) is 17.6 Å². The van der Waals surface area contributed by atoms with Gasteiger partial charge in [0.2, 0.25) is 0 Å². The Kier molecular flexibility index (Phi) is 6.34. The highest BCUT2D eigenvalue weighted by Crippen LogP contribution is 2.30. The highest BCUT2D eigenvalue weighted by atomic mass is 35.5. The smallest absolute Gasteiger partial charge is 0.368 e. The maximum Gasteiger partial charge on any atom is 0.417 e. The lowest BCUT2D eigenvalue weighted by atomic mass is 10.0. The number of halogens is 4. The molecule has 1 saturated heterocycles. The summed E-state index contributed by atoms with van der Waals surface area (Å²) >= 11 is 6.09. The minimum atomic E-state index is -4.47. The Balaban J connectivity index is 1.54. The van der Waals surface area contributed by atoms with E-state index in [0.717, 1.165) is 18.0 Å². The van der Waals surface area contributed by atoms with Gasteiger partial charge in [0.25, 0.3) is 5.91 Å². The van der Waals surface area contributed by atoms with Crippen LogP contribution in [0.3, 0.4) is 0 Å². The molecule has 10 heteroatoms. The second-order valence-electron chi connectivity index (χ2n) is 8.17. The van der Waals surface area contributed by atoms with Crippen molar-refractivity contribution in [1.82, 2.24) is 19.7 Å². The Hall–Kier alpha value is -3.07. The van der Waals surface area contributed by atoms with Crippen molar-refractivity contribution >= 4 is 23.2 Å². The predicted molar refractivity (Wildman–Crippen MR) is 120 cm³/mol. The third-order valence-electron chi connectivity index (χ3n) is 5.62. The average molecular weight is 478 g/mol. The summed E-state index contributed by atoms with van der Waals surface area (Å²) in [5, 5.41) is 4.95. The summed E-state index contributed by atoms with van der Waals surface area (Å²) in [6.07, 6.45) is -2.22. The third-order valence-corrected chi connectivity index (χ3v) is 5.85. The molecular formula is C23H23ClF3N5O. The van der Waals surface area contributed by atoms with Crippen LogP contribution in [0.2, 0.25) is 5.02 Å². The topological polar surface area (TPSA) is 54.3 Å². The first-order valence-corrected chi connectivity index (χ1v) is 10.9. The van der Waals surface area contributed by atoms with Crippen LogP contribution in [0.4, 0.5) is 18.9 Å². The van der Waals surface area contributed by atoms with Crippen molar-refractivity contribution in [3.8, 4) is 5.82 Å². The second kappa shape index (κ2) is 9.05. The van der Waals surface area contributed by atoms with Gasteiger partial charge in [0.15, 0.2) is 5.82 Å². The number of hydrogen-bond donors (Lipinski definition) is 0. The molecule has 0 unspecified atom stereocenters. The molecule has 1 fully saturated rings. The van der Waals surface area contributed by atoms with Crippen molar-refractivity contribution in [2.75, 3.05) is 31.1 Å². The van der Waals surface area contributed by atoms with E-state index in [0.29, 0.717) is 42.5 Å². The third kappa shape index (κ3) is 4.83. The first-order valence-electron chi connectivity index (χ1n) is 10.6. The number of piperazine rings is 1. The van der Waals surface area contributed by atoms with Crippen molar-refractivity contribution in [3.05, 3.63) is 70.6 Å². The summed E-state index contributed by atoms with van der Waals surface area (Å²) in [6.45, 7) is 6.21. The molecular weight excluding hydrogens is 455 g/mol. The minimum absolute atomic E-state index is 0.0942. The molecule has 3 heterocycles. The molecule has 2 aromatic heterocycles. The van der Waals surface area contributed by atoms with Gasteiger partial charge in [-0.2, -0.15) is 18.3 Å². The van der Waals surface area contributed by atoms with Gasteiger partial charge in [-0.3, -0.25) is 4.79 Å². The standard InChI is InChI=1S/C23H23ClF3N5O/c1-15(2)21-19(14-29-32(21)20-7-6-16(13-28-20)23(25,26)27)22(33)31-10-8-30(9-11-31)18-5-3-4-17(24)12-18/h3-7,12-15H,8-11H2,1-2H3. The van der Waals surface area contributed by atoms with Gasteiger partial charge in [-0.25, -0.2) is 9.67 Å². The van der Waals surface area contributed by atoms with E-state index in [1.807, 2.05) is 38.1 Å². The van der Waals surface area contributed by atoms with Crippen LogP contribution in [0.25, 0.3) is 5.82 Å². The van der Waals surface area contributed by atoms with Gasteiger partial charge in [-0.15, -0.1) is 0 Å². The minimum Gasteiger partial charge on any atom is -0.368 e. The van der Waals surface area contributed by atoms with Crippen LogP contribution in [0, 0.1) is 0 Å². The second-order valence-corrected chi connectivity index (χ2v) is 8.61. The van der Waals surface area contributed by atoms with Crippen molar-refractivity contribution < 1.29 is 18.0 Å². The number of hydrogen-bond acceptors (Lipinski definition) is 4. The highest BCUT2D eigenvalue weighted by Gasteiger charge is 2.31. The molecule has 1 aromatic carbocycles. The molecule has 174 valence electrons. The summed E-state index contributed by atoms with van der Waals surface area (Å²) in [4.78, 5) is 21.2. The molecule has 1 aliphatic rings. The molecule has 0 saturated carbocycles. The molecule has 6 nitrogen and oxygen atoms in total. The van der Waals surface area contributed by atoms with Crippen LogP contribution in [0.1, 0.15) is 41.4 Å². The van der Waals surface area contributed by atoms with E-state index in [1.165, 1.54) is 16.9 Å². The van der Waals surface area contributed by atoms with Crippen LogP contribution < -0.4 is 4.90 Å². The summed E-state index contributed by atoms with van der Waals surface area (Å²) in [5.41, 5.74) is 1.23. The Labute approximate surface area is 194 Å². The molecule has 1 aliphatic heterocycles. The lowest BCUT2D eigenvalue weighted by molar-refractivity contribution is -0.137. The van der Waals surface area contributed by atoms with Gasteiger partial charge >= 0.3 is 6.18 Å². The number of benzene rings is 1. The van der Waals surface area contributed by atoms with Crippen LogP contribution in [0.15, 0.2) is 48.8 Å². The molecule has 1 amide bonds. The van der Waals surface area contributed by atoms with Gasteiger partial charge < -0.3 is 9.80 Å². The van der Waals surface area contributed by atoms with Crippen LogP contribution in [-0.2, 0) is 6.18 Å². The van der Waals surface area contributed by atoms with Crippen LogP contribution in [-0.4, -0.2) is 51.8 Å². The van der Waals surface area contributed by atoms with Crippen LogP contribution in [0.5, 0.6) is 0 Å². The molecule has 0 aliphatic carbocycles. The lowest BCUT2D eigenvalue weighted by Gasteiger charge is -2.36. The fraction of sp³-hybridized carbons (Fsp3) is 0.348. The Morgan fingerprint density at radius 3 is 2.36 bits per heavy atom. The van der Waals surface area contributed by atoms with Gasteiger partial charge in [-0.05, 0) is 36.2 Å². The number of carbonyl (C=O) groups is 1. The number of carbonyl (C=O) groups excluding carboxylic acids is 1. The average Bonchev–Trinajstić information content (AvgIpc) is 3.24. The molecule has 4 rings (SSSR count). The van der Waals surface area contributed by atoms with Gasteiger partial charge in [0.1, 0.15) is 0 Å². The predicted octanol–water partition coefficient (Wildman–Crippen LogP) is 5.03. The zero-order valence-corrected chi connectivity index (χ0v) is 18.9. The van der Waals surface area contributed by atoms with Crippen LogP contribution >= 0.6 is 11.6 Å². The van der Waals surface area contributed by atoms with E-state index in [1.54, 1.807) is 4.90 Å². The number of anilines is 1. The monoisotopic (exact) mass is 477 g/mol. The molecule has 0 spiro atoms. The molecule has 0 N–H and O–H groups in total. The number of amides is 1. The molecule has 3 aromatic rings. The molecule has 0 atom stereocenters. The number of pyridine rings is 1. The van der Waals surface area contributed by atoms with Crippen molar-refractivity contribution in [3.63, 3.8) is 0 Å². The number of aromatic nitrogens is 3. The van der Waals surface area contributed by atoms with E-state index in [4.69, 9.17) is 11.6 Å². The SMILES string of the molecule is CC(C)c1c(C(=O)N2CCN(c3cccc(Cl)c3)CC2)cnn1-c1ccc(C(F)(F)F)cn1. The highest BCUT2D eigenvalue weighted by molar-refractivity contribution is 6.30. The van der Waals surface area contributed by atoms with Crippen molar-refractivity contribution in [2.45, 2.75) is 25.9 Å². The Morgan fingerprint density at radius 2 is 1.79 bits per heavy atom. The quantitative estimate of drug-likeness (QED) is 0.529. The first-order chi connectivity index (χ1) is 15.6. The summed E-state index contributed by atoms with van der Waals surface area (Å²) in [5.74, 6) is -0.0116. The Morgan fingerprint density at radius 1 is 1.06 bits per heavy atom. The summed E-state index contributed by atoms with van der Waals surface area (Å²) < 4.78 is 40.1. The fourth-order valence-electron chi connectivity index (χ4n) is 3.95. The first kappa shape index (κ1) is 23.1. The number of nitrogens with zero attached hydrogens (tertiary/aromatic N) is 5. The van der Waals surface area contributed by atoms with E-state index in [9.17, 15) is 18.0 Å².